The van der Waals surface area contributed by atoms with Crippen LogP contribution in [0.3, 0.4) is 0 Å². The molecule has 11 heavy (non-hydrogen) atoms. The first kappa shape index (κ1) is 10.1. The van der Waals surface area contributed by atoms with Crippen molar-refractivity contribution in [1.82, 2.24) is 5.32 Å². The van der Waals surface area contributed by atoms with Gasteiger partial charge in [0.1, 0.15) is 13.0 Å². The van der Waals surface area contributed by atoms with Crippen LogP contribution in [0.5, 0.6) is 0 Å². The van der Waals surface area contributed by atoms with Gasteiger partial charge in [-0.2, -0.15) is 0 Å². The van der Waals surface area contributed by atoms with Gasteiger partial charge in [0.2, 0.25) is 0 Å². The number of carbonyl (C=O) groups is 2. The van der Waals surface area contributed by atoms with Crippen molar-refractivity contribution in [3.8, 4) is 0 Å². The molecule has 0 aromatic rings. The molecule has 0 unspecified atom stereocenters. The average molecular weight is 159 g/mol. The second-order valence-corrected chi connectivity index (χ2v) is 2.09. The Bertz CT molecular complexity index is 125. The second-order valence-electron chi connectivity index (χ2n) is 2.09. The molecule has 0 aliphatic heterocycles. The monoisotopic (exact) mass is 159 g/mol. The summed E-state index contributed by atoms with van der Waals surface area (Å²) < 4.78 is 4.58. The van der Waals surface area contributed by atoms with Gasteiger partial charge in [-0.1, -0.05) is 0 Å². The van der Waals surface area contributed by atoms with Gasteiger partial charge in [0, 0.05) is 13.3 Å². The molecule has 0 aromatic carbocycles. The van der Waals surface area contributed by atoms with Crippen LogP contribution < -0.4 is 5.32 Å². The number of hydrogen-bond acceptors (Lipinski definition) is 4. The Labute approximate surface area is 65.9 Å². The van der Waals surface area contributed by atoms with Crippen molar-refractivity contribution < 1.29 is 14.3 Å². The molecule has 0 aliphatic carbocycles. The molecule has 1 N–H and O–H groups in total. The molecule has 0 saturated carbocycles. The first-order valence-electron chi connectivity index (χ1n) is 3.55. The van der Waals surface area contributed by atoms with Gasteiger partial charge in [-0.05, 0) is 13.0 Å². The lowest BCUT2D eigenvalue weighted by Gasteiger charge is -2.02. The zero-order chi connectivity index (χ0) is 8.53. The molecule has 0 amide bonds. The molecule has 4 heteroatoms. The Balaban J connectivity index is 2.90. The van der Waals surface area contributed by atoms with Crippen molar-refractivity contribution in [3.63, 3.8) is 0 Å². The topological polar surface area (TPSA) is 55.4 Å². The maximum atomic E-state index is 10.2. The lowest BCUT2D eigenvalue weighted by Crippen LogP contribution is -2.20. The predicted molar refractivity (Wildman–Crippen MR) is 39.9 cm³/mol. The fraction of sp³-hybridized carbons (Fsp3) is 0.714. The minimum atomic E-state index is -0.298. The molecule has 0 spiro atoms. The Hall–Kier alpha value is -0.900. The summed E-state index contributed by atoms with van der Waals surface area (Å²) >= 11 is 0. The average Bonchev–Trinajstić information content (AvgIpc) is 1.96. The number of aldehydes is 1. The quantitative estimate of drug-likeness (QED) is 0.258. The highest BCUT2D eigenvalue weighted by atomic mass is 16.5. The molecular weight excluding hydrogens is 146 g/mol. The molecule has 0 atom stereocenters. The Morgan fingerprint density at radius 1 is 1.64 bits per heavy atom. The van der Waals surface area contributed by atoms with Crippen molar-refractivity contribution in [2.24, 2.45) is 0 Å². The molecule has 0 heterocycles. The summed E-state index contributed by atoms with van der Waals surface area (Å²) in [6.07, 6.45) is 2.20. The van der Waals surface area contributed by atoms with Crippen LogP contribution in [0, 0.1) is 0 Å². The number of ether oxygens (including phenoxy) is 1. The lowest BCUT2D eigenvalue weighted by atomic mass is 10.3. The van der Waals surface area contributed by atoms with Gasteiger partial charge in [0.05, 0.1) is 0 Å². The predicted octanol–water partition coefficient (Wildman–Crippen LogP) is 0.0757. The van der Waals surface area contributed by atoms with Crippen LogP contribution in [0.15, 0.2) is 0 Å². The number of unbranched alkanes of at least 4 members (excludes halogenated alkanes) is 1. The molecule has 64 valence electrons. The summed E-state index contributed by atoms with van der Waals surface area (Å²) in [5.41, 5.74) is 0. The first-order valence-corrected chi connectivity index (χ1v) is 3.55. The molecule has 4 nitrogen and oxygen atoms in total. The molecule has 0 radical (unpaired) electrons. The van der Waals surface area contributed by atoms with E-state index < -0.39 is 0 Å². The van der Waals surface area contributed by atoms with E-state index >= 15 is 0 Å². The minimum absolute atomic E-state index is 0.230. The van der Waals surface area contributed by atoms with Crippen LogP contribution in [0.25, 0.3) is 0 Å². The summed E-state index contributed by atoms with van der Waals surface area (Å²) in [5, 5.41) is 2.85. The first-order chi connectivity index (χ1) is 5.27. The fourth-order valence-electron chi connectivity index (χ4n) is 0.535. The van der Waals surface area contributed by atoms with E-state index in [9.17, 15) is 9.59 Å². The van der Waals surface area contributed by atoms with E-state index in [1.807, 2.05) is 0 Å². The summed E-state index contributed by atoms with van der Waals surface area (Å²) in [5.74, 6) is -0.298. The molecule has 0 rings (SSSR count). The van der Waals surface area contributed by atoms with Crippen LogP contribution in [0.2, 0.25) is 0 Å². The third kappa shape index (κ3) is 9.10. The van der Waals surface area contributed by atoms with Crippen LogP contribution in [-0.2, 0) is 14.3 Å². The standard InChI is InChI=1S/C7H13NO3/c1-7(10)11-6-8-4-2-3-5-9/h5,8H,2-4,6H2,1H3. The van der Waals surface area contributed by atoms with E-state index in [-0.39, 0.29) is 12.7 Å². The van der Waals surface area contributed by atoms with Gasteiger partial charge in [0.25, 0.3) is 0 Å². The van der Waals surface area contributed by atoms with Gasteiger partial charge in [-0.25, -0.2) is 0 Å². The summed E-state index contributed by atoms with van der Waals surface area (Å²) in [6.45, 7) is 2.29. The zero-order valence-electron chi connectivity index (χ0n) is 6.63. The highest BCUT2D eigenvalue weighted by Gasteiger charge is 1.90. The molecular formula is C7H13NO3. The van der Waals surface area contributed by atoms with Gasteiger partial charge < -0.3 is 9.53 Å². The van der Waals surface area contributed by atoms with Crippen molar-refractivity contribution in [1.29, 1.82) is 0 Å². The maximum Gasteiger partial charge on any atom is 0.303 e. The number of rotatable bonds is 6. The summed E-state index contributed by atoms with van der Waals surface area (Å²) in [4.78, 5) is 20.0. The summed E-state index contributed by atoms with van der Waals surface area (Å²) in [7, 11) is 0. The van der Waals surface area contributed by atoms with Gasteiger partial charge in [-0.3, -0.25) is 10.1 Å². The van der Waals surface area contributed by atoms with Crippen LogP contribution in [0.1, 0.15) is 19.8 Å². The Kier molecular flexibility index (Phi) is 6.62. The zero-order valence-corrected chi connectivity index (χ0v) is 6.63. The lowest BCUT2D eigenvalue weighted by molar-refractivity contribution is -0.141. The Morgan fingerprint density at radius 2 is 2.36 bits per heavy atom. The molecule has 0 saturated heterocycles. The van der Waals surface area contributed by atoms with Crippen molar-refractivity contribution in [2.45, 2.75) is 19.8 Å². The highest BCUT2D eigenvalue weighted by molar-refractivity contribution is 5.65. The van der Waals surface area contributed by atoms with Crippen LogP contribution in [0.4, 0.5) is 0 Å². The van der Waals surface area contributed by atoms with E-state index in [2.05, 4.69) is 10.1 Å². The van der Waals surface area contributed by atoms with Gasteiger partial charge in [-0.15, -0.1) is 0 Å². The van der Waals surface area contributed by atoms with Crippen molar-refractivity contribution >= 4 is 12.3 Å². The summed E-state index contributed by atoms with van der Waals surface area (Å²) in [6, 6.07) is 0. The third-order valence-electron chi connectivity index (χ3n) is 1.05. The number of esters is 1. The Morgan fingerprint density at radius 3 is 2.91 bits per heavy atom. The van der Waals surface area contributed by atoms with Crippen LogP contribution in [-0.4, -0.2) is 25.5 Å². The molecule has 0 aliphatic rings. The molecule has 0 aromatic heterocycles. The molecule has 0 fully saturated rings. The van der Waals surface area contributed by atoms with E-state index in [4.69, 9.17) is 0 Å². The number of carbonyl (C=O) groups excluding carboxylic acids is 2. The van der Waals surface area contributed by atoms with E-state index in [1.165, 1.54) is 6.92 Å². The maximum absolute atomic E-state index is 10.2. The van der Waals surface area contributed by atoms with Gasteiger partial charge in [0.15, 0.2) is 0 Å². The van der Waals surface area contributed by atoms with Crippen molar-refractivity contribution in [3.05, 3.63) is 0 Å². The van der Waals surface area contributed by atoms with E-state index in [0.29, 0.717) is 13.0 Å². The number of nitrogens with one attached hydrogen (secondary N) is 1. The fourth-order valence-corrected chi connectivity index (χ4v) is 0.535. The highest BCUT2D eigenvalue weighted by Crippen LogP contribution is 1.80. The normalized spacial score (nSPS) is 9.18. The largest absolute Gasteiger partial charge is 0.450 e. The van der Waals surface area contributed by atoms with E-state index in [1.54, 1.807) is 0 Å². The molecule has 0 bridgehead atoms. The van der Waals surface area contributed by atoms with Crippen LogP contribution >= 0.6 is 0 Å². The van der Waals surface area contributed by atoms with E-state index in [0.717, 1.165) is 12.7 Å². The smallest absolute Gasteiger partial charge is 0.303 e. The second kappa shape index (κ2) is 7.21. The van der Waals surface area contributed by atoms with Crippen molar-refractivity contribution in [2.75, 3.05) is 13.3 Å². The van der Waals surface area contributed by atoms with Gasteiger partial charge >= 0.3 is 5.97 Å². The SMILES string of the molecule is CC(=O)OCNCCCC=O. The minimum Gasteiger partial charge on any atom is -0.450 e. The third-order valence-corrected chi connectivity index (χ3v) is 1.05. The number of hydrogen-bond donors (Lipinski definition) is 1.